The van der Waals surface area contributed by atoms with Gasteiger partial charge in [-0.05, 0) is 22.8 Å². The maximum Gasteiger partial charge on any atom is 0.328 e. The summed E-state index contributed by atoms with van der Waals surface area (Å²) in [6, 6.07) is 13.3. The Labute approximate surface area is 127 Å². The lowest BCUT2D eigenvalue weighted by molar-refractivity contribution is -0.131. The molecule has 0 unspecified atom stereocenters. The van der Waals surface area contributed by atoms with Crippen LogP contribution in [0.25, 0.3) is 5.57 Å². The van der Waals surface area contributed by atoms with Crippen molar-refractivity contribution in [2.75, 3.05) is 0 Å². The van der Waals surface area contributed by atoms with Gasteiger partial charge in [0.15, 0.2) is 0 Å². The van der Waals surface area contributed by atoms with Gasteiger partial charge in [-0.15, -0.1) is 11.6 Å². The molecule has 0 spiro atoms. The molecule has 4 heteroatoms. The van der Waals surface area contributed by atoms with Gasteiger partial charge < -0.3 is 9.84 Å². The minimum Gasteiger partial charge on any atom is -0.488 e. The molecular weight excluding hydrogens is 288 g/mol. The summed E-state index contributed by atoms with van der Waals surface area (Å²) in [4.78, 5) is 11.2. The lowest BCUT2D eigenvalue weighted by Gasteiger charge is -2.10. The number of rotatable bonds is 2. The highest BCUT2D eigenvalue weighted by Crippen LogP contribution is 2.37. The Balaban J connectivity index is 2.24. The number of aliphatic carboxylic acids is 1. The van der Waals surface area contributed by atoms with Crippen molar-refractivity contribution in [3.05, 3.63) is 70.8 Å². The van der Waals surface area contributed by atoms with E-state index in [1.807, 2.05) is 42.5 Å². The van der Waals surface area contributed by atoms with Gasteiger partial charge in [0.05, 0.1) is 0 Å². The molecule has 0 radical (unpaired) electrons. The highest BCUT2D eigenvalue weighted by molar-refractivity contribution is 6.17. The van der Waals surface area contributed by atoms with Crippen molar-refractivity contribution in [2.45, 2.75) is 12.5 Å². The number of hydrogen-bond acceptors (Lipinski definition) is 2. The smallest absolute Gasteiger partial charge is 0.328 e. The molecule has 3 nitrogen and oxygen atoms in total. The van der Waals surface area contributed by atoms with Crippen LogP contribution in [0, 0.1) is 0 Å². The summed E-state index contributed by atoms with van der Waals surface area (Å²) in [5.74, 6) is 0.0765. The number of alkyl halides is 1. The predicted octanol–water partition coefficient (Wildman–Crippen LogP) is 3.83. The monoisotopic (exact) mass is 300 g/mol. The van der Waals surface area contributed by atoms with E-state index >= 15 is 0 Å². The molecule has 106 valence electrons. The van der Waals surface area contributed by atoms with Crippen molar-refractivity contribution in [3.63, 3.8) is 0 Å². The Hall–Kier alpha value is -2.26. The van der Waals surface area contributed by atoms with Crippen LogP contribution in [0.15, 0.2) is 48.5 Å². The molecule has 1 aliphatic rings. The number of fused-ring (bicyclic) bond motifs is 2. The quantitative estimate of drug-likeness (QED) is 0.677. The first-order valence-electron chi connectivity index (χ1n) is 6.54. The second kappa shape index (κ2) is 5.62. The van der Waals surface area contributed by atoms with Crippen LogP contribution in [-0.4, -0.2) is 11.1 Å². The summed E-state index contributed by atoms with van der Waals surface area (Å²) in [5, 5.41) is 9.17. The van der Waals surface area contributed by atoms with Crippen LogP contribution in [0.5, 0.6) is 5.75 Å². The molecule has 0 bridgehead atoms. The van der Waals surface area contributed by atoms with Gasteiger partial charge in [-0.1, -0.05) is 36.4 Å². The maximum absolute atomic E-state index is 11.2. The fourth-order valence-electron chi connectivity index (χ4n) is 2.48. The SMILES string of the molecule is O=C(O)C=C1c2ccccc2COc2cc(CCl)ccc21. The Morgan fingerprint density at radius 2 is 2.05 bits per heavy atom. The Kier molecular flexibility index (Phi) is 3.67. The minimum atomic E-state index is -0.978. The third kappa shape index (κ3) is 2.65. The van der Waals surface area contributed by atoms with E-state index in [0.29, 0.717) is 23.8 Å². The third-order valence-electron chi connectivity index (χ3n) is 3.45. The van der Waals surface area contributed by atoms with Crippen LogP contribution in [0.3, 0.4) is 0 Å². The molecule has 0 saturated carbocycles. The van der Waals surface area contributed by atoms with E-state index < -0.39 is 5.97 Å². The molecule has 0 fully saturated rings. The van der Waals surface area contributed by atoms with Crippen molar-refractivity contribution in [2.24, 2.45) is 0 Å². The van der Waals surface area contributed by atoms with Gasteiger partial charge in [-0.2, -0.15) is 0 Å². The minimum absolute atomic E-state index is 0.390. The highest BCUT2D eigenvalue weighted by atomic mass is 35.5. The zero-order chi connectivity index (χ0) is 14.8. The molecule has 3 rings (SSSR count). The average molecular weight is 301 g/mol. The summed E-state index contributed by atoms with van der Waals surface area (Å²) in [5.41, 5.74) is 4.23. The zero-order valence-corrected chi connectivity index (χ0v) is 11.9. The lowest BCUT2D eigenvalue weighted by Crippen LogP contribution is -1.96. The highest BCUT2D eigenvalue weighted by Gasteiger charge is 2.20. The van der Waals surface area contributed by atoms with Gasteiger partial charge in [-0.3, -0.25) is 0 Å². The largest absolute Gasteiger partial charge is 0.488 e. The molecule has 0 aromatic heterocycles. The lowest BCUT2D eigenvalue weighted by atomic mass is 9.93. The summed E-state index contributed by atoms with van der Waals surface area (Å²) < 4.78 is 5.84. The van der Waals surface area contributed by atoms with Crippen molar-refractivity contribution in [1.82, 2.24) is 0 Å². The van der Waals surface area contributed by atoms with Gasteiger partial charge in [0, 0.05) is 23.1 Å². The number of halogens is 1. The standard InChI is InChI=1S/C17H13ClO3/c18-9-11-5-6-14-15(8-17(19)20)13-4-2-1-3-12(13)10-21-16(14)7-11/h1-8H,9-10H2,(H,19,20). The van der Waals surface area contributed by atoms with E-state index in [9.17, 15) is 9.90 Å². The number of benzene rings is 2. The summed E-state index contributed by atoms with van der Waals surface area (Å²) in [6.45, 7) is 0.409. The van der Waals surface area contributed by atoms with E-state index in [-0.39, 0.29) is 0 Å². The van der Waals surface area contributed by atoms with E-state index in [1.54, 1.807) is 0 Å². The molecule has 0 saturated heterocycles. The molecule has 2 aromatic carbocycles. The van der Waals surface area contributed by atoms with Crippen molar-refractivity contribution in [1.29, 1.82) is 0 Å². The second-order valence-corrected chi connectivity index (χ2v) is 5.07. The van der Waals surface area contributed by atoms with Crippen molar-refractivity contribution >= 4 is 23.1 Å². The topological polar surface area (TPSA) is 46.5 Å². The van der Waals surface area contributed by atoms with Crippen molar-refractivity contribution in [3.8, 4) is 5.75 Å². The predicted molar refractivity (Wildman–Crippen MR) is 81.5 cm³/mol. The number of carboxylic acids is 1. The second-order valence-electron chi connectivity index (χ2n) is 4.81. The first-order chi connectivity index (χ1) is 10.2. The van der Waals surface area contributed by atoms with Crippen molar-refractivity contribution < 1.29 is 14.6 Å². The van der Waals surface area contributed by atoms with Crippen LogP contribution >= 0.6 is 11.6 Å². The normalized spacial score (nSPS) is 14.8. The molecule has 1 N–H and O–H groups in total. The van der Waals surface area contributed by atoms with Crippen LogP contribution in [0.1, 0.15) is 22.3 Å². The third-order valence-corrected chi connectivity index (χ3v) is 3.76. The molecule has 2 aromatic rings. The summed E-state index contributed by atoms with van der Waals surface area (Å²) in [6.07, 6.45) is 1.23. The van der Waals surface area contributed by atoms with Gasteiger partial charge in [0.25, 0.3) is 0 Å². The Morgan fingerprint density at radius 3 is 2.81 bits per heavy atom. The van der Waals surface area contributed by atoms with Crippen LogP contribution in [0.4, 0.5) is 0 Å². The van der Waals surface area contributed by atoms with Crippen LogP contribution < -0.4 is 4.74 Å². The molecule has 0 atom stereocenters. The van der Waals surface area contributed by atoms with Gasteiger partial charge in [0.1, 0.15) is 12.4 Å². The maximum atomic E-state index is 11.2. The summed E-state index contributed by atoms with van der Waals surface area (Å²) >= 11 is 5.86. The molecule has 1 heterocycles. The molecule has 21 heavy (non-hydrogen) atoms. The first kappa shape index (κ1) is 13.7. The Morgan fingerprint density at radius 1 is 1.24 bits per heavy atom. The van der Waals surface area contributed by atoms with E-state index in [2.05, 4.69) is 0 Å². The molecule has 0 aliphatic carbocycles. The Bertz CT molecular complexity index is 735. The van der Waals surface area contributed by atoms with Crippen LogP contribution in [0.2, 0.25) is 0 Å². The number of carbonyl (C=O) groups is 1. The van der Waals surface area contributed by atoms with Crippen LogP contribution in [-0.2, 0) is 17.3 Å². The summed E-state index contributed by atoms with van der Waals surface area (Å²) in [7, 11) is 0. The number of carboxylic acid groups (broad SMARTS) is 1. The average Bonchev–Trinajstić information content (AvgIpc) is 2.64. The van der Waals surface area contributed by atoms with Gasteiger partial charge in [-0.25, -0.2) is 4.79 Å². The fourth-order valence-corrected chi connectivity index (χ4v) is 2.65. The number of hydrogen-bond donors (Lipinski definition) is 1. The first-order valence-corrected chi connectivity index (χ1v) is 7.07. The molecular formula is C17H13ClO3. The molecule has 0 amide bonds. The van der Waals surface area contributed by atoms with E-state index in [1.165, 1.54) is 6.08 Å². The molecule has 1 aliphatic heterocycles. The number of ether oxygens (including phenoxy) is 1. The van der Waals surface area contributed by atoms with Gasteiger partial charge >= 0.3 is 5.97 Å². The zero-order valence-electron chi connectivity index (χ0n) is 11.2. The van der Waals surface area contributed by atoms with E-state index in [4.69, 9.17) is 16.3 Å². The fraction of sp³-hybridized carbons (Fsp3) is 0.118. The van der Waals surface area contributed by atoms with Gasteiger partial charge in [0.2, 0.25) is 0 Å². The van der Waals surface area contributed by atoms with E-state index in [0.717, 1.165) is 22.3 Å².